The molecule has 0 aromatic heterocycles. The van der Waals surface area contributed by atoms with Gasteiger partial charge in [0, 0.05) is 19.7 Å². The van der Waals surface area contributed by atoms with Crippen LogP contribution in [-0.4, -0.2) is 126 Å². The normalized spacial score (nSPS) is 14.2. The van der Waals surface area contributed by atoms with E-state index in [0.717, 1.165) is 0 Å². The molecule has 0 spiro atoms. The summed E-state index contributed by atoms with van der Waals surface area (Å²) in [6, 6.07) is -7.07. The summed E-state index contributed by atoms with van der Waals surface area (Å²) < 4.78 is 0. The molecule has 0 aromatic rings. The van der Waals surface area contributed by atoms with Gasteiger partial charge in [0.1, 0.15) is 36.8 Å². The summed E-state index contributed by atoms with van der Waals surface area (Å²) >= 11 is 0. The van der Waals surface area contributed by atoms with Crippen molar-refractivity contribution in [2.24, 2.45) is 50.5 Å². The number of aliphatic carboxylic acids is 1. The average Bonchev–Trinajstić information content (AvgIpc) is 3.07. The highest BCUT2D eigenvalue weighted by molar-refractivity contribution is 5.96. The Bertz CT molecular complexity index is 1340. The Balaban J connectivity index is 6.05. The van der Waals surface area contributed by atoms with Gasteiger partial charge in [0.2, 0.25) is 35.4 Å². The van der Waals surface area contributed by atoms with Crippen molar-refractivity contribution >= 4 is 53.3 Å². The number of aliphatic hydroxyl groups is 1. The Labute approximate surface area is 321 Å². The lowest BCUT2D eigenvalue weighted by molar-refractivity contribution is -0.138. The number of carboxylic acids is 1. The summed E-state index contributed by atoms with van der Waals surface area (Å²) in [6.07, 6.45) is 0.815. The van der Waals surface area contributed by atoms with Crippen molar-refractivity contribution in [2.75, 3.05) is 26.2 Å². The first-order valence-electron chi connectivity index (χ1n) is 18.2. The molecule has 6 amide bonds. The first kappa shape index (κ1) is 49.8. The third-order valence-electron chi connectivity index (χ3n) is 7.78. The Hall–Kier alpha value is -5.25. The molecule has 18 N–H and O–H groups in total. The van der Waals surface area contributed by atoms with Crippen molar-refractivity contribution < 1.29 is 43.8 Å². The van der Waals surface area contributed by atoms with E-state index in [4.69, 9.17) is 33.8 Å². The van der Waals surface area contributed by atoms with Crippen LogP contribution in [0.25, 0.3) is 0 Å². The smallest absolute Gasteiger partial charge is 0.322 e. The van der Waals surface area contributed by atoms with Gasteiger partial charge in [0.15, 0.2) is 11.9 Å². The maximum absolute atomic E-state index is 13.6. The van der Waals surface area contributed by atoms with Crippen LogP contribution in [0.15, 0.2) is 9.98 Å². The molecule has 0 rings (SSSR count). The summed E-state index contributed by atoms with van der Waals surface area (Å²) in [4.78, 5) is 97.8. The second kappa shape index (κ2) is 26.5. The van der Waals surface area contributed by atoms with Crippen LogP contribution in [0.2, 0.25) is 0 Å². The van der Waals surface area contributed by atoms with Gasteiger partial charge in [-0.3, -0.25) is 43.5 Å². The van der Waals surface area contributed by atoms with E-state index in [1.807, 2.05) is 13.8 Å². The summed E-state index contributed by atoms with van der Waals surface area (Å²) in [5.41, 5.74) is 27.6. The van der Waals surface area contributed by atoms with Crippen LogP contribution in [-0.2, 0) is 33.6 Å². The second-order valence-corrected chi connectivity index (χ2v) is 13.9. The van der Waals surface area contributed by atoms with Gasteiger partial charge < -0.3 is 70.8 Å². The molecule has 314 valence electrons. The van der Waals surface area contributed by atoms with Crippen LogP contribution >= 0.6 is 0 Å². The Kier molecular flexibility index (Phi) is 24.0. The third-order valence-corrected chi connectivity index (χ3v) is 7.78. The summed E-state index contributed by atoms with van der Waals surface area (Å²) in [6.45, 7) is 7.71. The molecule has 0 bridgehead atoms. The van der Waals surface area contributed by atoms with Crippen molar-refractivity contribution in [1.29, 1.82) is 0 Å². The van der Waals surface area contributed by atoms with Crippen LogP contribution < -0.4 is 60.6 Å². The van der Waals surface area contributed by atoms with E-state index in [2.05, 4.69) is 41.9 Å². The number of carbonyl (C=O) groups excluding carboxylic acids is 6. The van der Waals surface area contributed by atoms with Crippen LogP contribution in [0.4, 0.5) is 0 Å². The molecule has 0 saturated heterocycles. The number of aliphatic hydroxyl groups excluding tert-OH is 1. The number of carbonyl (C=O) groups is 7. The third kappa shape index (κ3) is 22.5. The lowest BCUT2D eigenvalue weighted by Crippen LogP contribution is -2.59. The number of aliphatic imine (C=N–C) groups is 2. The molecule has 22 nitrogen and oxygen atoms in total. The van der Waals surface area contributed by atoms with E-state index in [1.165, 1.54) is 6.92 Å². The minimum atomic E-state index is -1.35. The Morgan fingerprint density at radius 1 is 0.564 bits per heavy atom. The second-order valence-electron chi connectivity index (χ2n) is 13.9. The van der Waals surface area contributed by atoms with Gasteiger partial charge in [-0.2, -0.15) is 0 Å². The van der Waals surface area contributed by atoms with Gasteiger partial charge in [0.05, 0.1) is 6.04 Å². The fourth-order valence-corrected chi connectivity index (χ4v) is 5.05. The van der Waals surface area contributed by atoms with Crippen molar-refractivity contribution in [2.45, 2.75) is 116 Å². The summed E-state index contributed by atoms with van der Waals surface area (Å²) in [5.74, 6) is -6.13. The standard InChI is InChI=1S/C33H63N13O9/c1-17(2)14-20(34)27(51)44-22(9-7-12-40-33(37)38)30(54)45-21(8-6-11-39-32(35)36)29(53)42-19(5)26(50)43-23(10-13-47)31(55)46-24(15-18(3)4)28(52)41-16-25(48)49/h17-24,47H,6-16,34H2,1-5H3,(H,41,52)(H,42,53)(H,43,50)(H,44,51)(H,45,54)(H,46,55)(H,48,49)(H4,35,36,39)(H4,37,38,40). The molecular formula is C33H63N13O9. The van der Waals surface area contributed by atoms with Gasteiger partial charge in [-0.15, -0.1) is 0 Å². The zero-order valence-electron chi connectivity index (χ0n) is 32.4. The maximum atomic E-state index is 13.6. The molecular weight excluding hydrogens is 722 g/mol. The van der Waals surface area contributed by atoms with Crippen LogP contribution in [0.5, 0.6) is 0 Å². The lowest BCUT2D eigenvalue weighted by atomic mass is 10.0. The molecule has 0 aromatic carbocycles. The predicted octanol–water partition coefficient (Wildman–Crippen LogP) is -4.46. The number of nitrogens with one attached hydrogen (secondary N) is 6. The number of guanidine groups is 2. The van der Waals surface area contributed by atoms with E-state index >= 15 is 0 Å². The lowest BCUT2D eigenvalue weighted by Gasteiger charge is -2.26. The fraction of sp³-hybridized carbons (Fsp3) is 0.727. The van der Waals surface area contributed by atoms with Gasteiger partial charge in [-0.05, 0) is 63.7 Å². The van der Waals surface area contributed by atoms with Gasteiger partial charge in [-0.25, -0.2) is 0 Å². The molecule has 0 aliphatic rings. The zero-order chi connectivity index (χ0) is 42.2. The zero-order valence-corrected chi connectivity index (χ0v) is 32.4. The SMILES string of the molecule is CC(C)CC(N)C(=O)NC(CCCN=C(N)N)C(=O)NC(CCCN=C(N)N)C(=O)NC(C)C(=O)NC(CCO)C(=O)NC(CC(C)C)C(=O)NCC(=O)O. The quantitative estimate of drug-likeness (QED) is 0.0212. The van der Waals surface area contributed by atoms with E-state index in [9.17, 15) is 38.7 Å². The largest absolute Gasteiger partial charge is 0.480 e. The van der Waals surface area contributed by atoms with E-state index in [-0.39, 0.29) is 75.4 Å². The molecule has 0 radical (unpaired) electrons. The van der Waals surface area contributed by atoms with E-state index < -0.39 is 90.8 Å². The number of hydrogen-bond acceptors (Lipinski definition) is 11. The van der Waals surface area contributed by atoms with Gasteiger partial charge in [0.25, 0.3) is 0 Å². The van der Waals surface area contributed by atoms with Crippen molar-refractivity contribution in [3.05, 3.63) is 0 Å². The molecule has 22 heteroatoms. The molecule has 6 unspecified atom stereocenters. The molecule has 6 atom stereocenters. The number of amides is 6. The first-order valence-corrected chi connectivity index (χ1v) is 18.2. The average molecular weight is 786 g/mol. The monoisotopic (exact) mass is 785 g/mol. The minimum absolute atomic E-state index is 0.000940. The van der Waals surface area contributed by atoms with Crippen LogP contribution in [0, 0.1) is 11.8 Å². The van der Waals surface area contributed by atoms with Gasteiger partial charge in [-0.1, -0.05) is 27.7 Å². The maximum Gasteiger partial charge on any atom is 0.322 e. The molecule has 0 aliphatic carbocycles. The number of nitrogens with two attached hydrogens (primary N) is 5. The highest BCUT2D eigenvalue weighted by Crippen LogP contribution is 2.09. The van der Waals surface area contributed by atoms with Crippen LogP contribution in [0.1, 0.15) is 79.6 Å². The topological polar surface area (TPSA) is 387 Å². The van der Waals surface area contributed by atoms with Crippen molar-refractivity contribution in [3.8, 4) is 0 Å². The fourth-order valence-electron chi connectivity index (χ4n) is 5.05. The minimum Gasteiger partial charge on any atom is -0.480 e. The molecule has 0 heterocycles. The number of hydrogen-bond donors (Lipinski definition) is 13. The van der Waals surface area contributed by atoms with Crippen LogP contribution in [0.3, 0.4) is 0 Å². The molecule has 55 heavy (non-hydrogen) atoms. The van der Waals surface area contributed by atoms with Crippen molar-refractivity contribution in [1.82, 2.24) is 31.9 Å². The van der Waals surface area contributed by atoms with Gasteiger partial charge >= 0.3 is 5.97 Å². The Morgan fingerprint density at radius 3 is 1.42 bits per heavy atom. The van der Waals surface area contributed by atoms with E-state index in [0.29, 0.717) is 6.42 Å². The summed E-state index contributed by atoms with van der Waals surface area (Å²) in [5, 5.41) is 33.4. The predicted molar refractivity (Wildman–Crippen MR) is 204 cm³/mol. The highest BCUT2D eigenvalue weighted by Gasteiger charge is 2.32. The van der Waals surface area contributed by atoms with E-state index in [1.54, 1.807) is 13.8 Å². The first-order chi connectivity index (χ1) is 25.7. The van der Waals surface area contributed by atoms with Crippen molar-refractivity contribution in [3.63, 3.8) is 0 Å². The highest BCUT2D eigenvalue weighted by atomic mass is 16.4. The number of rotatable bonds is 27. The molecule has 0 fully saturated rings. The number of carboxylic acid groups (broad SMARTS) is 1. The Morgan fingerprint density at radius 2 is 0.982 bits per heavy atom. The molecule has 0 saturated carbocycles. The summed E-state index contributed by atoms with van der Waals surface area (Å²) in [7, 11) is 0. The molecule has 0 aliphatic heterocycles. The number of nitrogens with zero attached hydrogens (tertiary/aromatic N) is 2.